The van der Waals surface area contributed by atoms with Crippen LogP contribution < -0.4 is 5.32 Å². The van der Waals surface area contributed by atoms with Crippen molar-refractivity contribution in [2.24, 2.45) is 17.8 Å². The van der Waals surface area contributed by atoms with Crippen molar-refractivity contribution < 1.29 is 9.53 Å². The van der Waals surface area contributed by atoms with Crippen molar-refractivity contribution in [1.82, 2.24) is 5.32 Å². The molecule has 18 heavy (non-hydrogen) atoms. The van der Waals surface area contributed by atoms with Gasteiger partial charge in [0.15, 0.2) is 0 Å². The lowest BCUT2D eigenvalue weighted by molar-refractivity contribution is -0.122. The van der Waals surface area contributed by atoms with Gasteiger partial charge in [0, 0.05) is 24.9 Å². The van der Waals surface area contributed by atoms with Gasteiger partial charge in [-0.05, 0) is 43.4 Å². The number of ether oxygens (including phenoxy) is 1. The zero-order valence-corrected chi connectivity index (χ0v) is 12.6. The average Bonchev–Trinajstić information content (AvgIpc) is 2.95. The first kappa shape index (κ1) is 14.3. The summed E-state index contributed by atoms with van der Waals surface area (Å²) in [5.41, 5.74) is 0. The lowest BCUT2D eigenvalue weighted by atomic mass is 9.86. The molecule has 2 rings (SSSR count). The molecule has 4 heteroatoms. The molecule has 2 fully saturated rings. The number of amides is 1. The van der Waals surface area contributed by atoms with Gasteiger partial charge < -0.3 is 10.1 Å². The molecule has 0 aromatic rings. The van der Waals surface area contributed by atoms with Crippen LogP contribution in [0.1, 0.15) is 38.5 Å². The number of rotatable bonds is 8. The van der Waals surface area contributed by atoms with Crippen molar-refractivity contribution >= 4 is 21.8 Å². The van der Waals surface area contributed by atoms with Crippen LogP contribution in [-0.2, 0) is 9.53 Å². The molecule has 0 heterocycles. The quantitative estimate of drug-likeness (QED) is 0.552. The van der Waals surface area contributed by atoms with E-state index in [1.54, 1.807) is 0 Å². The highest BCUT2D eigenvalue weighted by molar-refractivity contribution is 9.09. The molecule has 104 valence electrons. The molecule has 0 saturated heterocycles. The number of carbonyl (C=O) groups is 1. The third-order valence-corrected chi connectivity index (χ3v) is 4.66. The fourth-order valence-electron chi connectivity index (χ4n) is 3.50. The molecule has 1 N–H and O–H groups in total. The Morgan fingerprint density at radius 2 is 2.17 bits per heavy atom. The van der Waals surface area contributed by atoms with Gasteiger partial charge in [-0.3, -0.25) is 4.79 Å². The highest BCUT2D eigenvalue weighted by Gasteiger charge is 2.39. The fraction of sp³-hybridized carbons (Fsp3) is 0.929. The van der Waals surface area contributed by atoms with E-state index < -0.39 is 0 Å². The minimum Gasteiger partial charge on any atom is -0.381 e. The van der Waals surface area contributed by atoms with E-state index >= 15 is 0 Å². The van der Waals surface area contributed by atoms with E-state index in [0.717, 1.165) is 49.8 Å². The molecular weight excluding hydrogens is 294 g/mol. The molecule has 3 nitrogen and oxygen atoms in total. The summed E-state index contributed by atoms with van der Waals surface area (Å²) in [4.78, 5) is 11.8. The molecule has 1 amide bonds. The Bertz CT molecular complexity index is 273. The van der Waals surface area contributed by atoms with Crippen LogP contribution in [0, 0.1) is 17.8 Å². The third kappa shape index (κ3) is 4.23. The molecule has 0 aliphatic heterocycles. The summed E-state index contributed by atoms with van der Waals surface area (Å²) < 4.78 is 5.34. The van der Waals surface area contributed by atoms with Crippen LogP contribution in [0.2, 0.25) is 0 Å². The van der Waals surface area contributed by atoms with Gasteiger partial charge in [0.1, 0.15) is 0 Å². The number of halogens is 1. The van der Waals surface area contributed by atoms with Crippen LogP contribution in [0.25, 0.3) is 0 Å². The molecule has 0 aromatic heterocycles. The lowest BCUT2D eigenvalue weighted by Gasteiger charge is -2.20. The molecule has 0 spiro atoms. The van der Waals surface area contributed by atoms with Crippen LogP contribution in [0.4, 0.5) is 0 Å². The second-order valence-corrected chi connectivity index (χ2v) is 6.44. The predicted octanol–water partition coefficient (Wildman–Crippen LogP) is 2.73. The number of hydrogen-bond donors (Lipinski definition) is 1. The Kier molecular flexibility index (Phi) is 5.96. The molecule has 0 radical (unpaired) electrons. The normalized spacial score (nSPS) is 29.7. The monoisotopic (exact) mass is 317 g/mol. The van der Waals surface area contributed by atoms with Gasteiger partial charge in [-0.2, -0.15) is 0 Å². The zero-order valence-electron chi connectivity index (χ0n) is 11.0. The first-order valence-corrected chi connectivity index (χ1v) is 8.32. The summed E-state index contributed by atoms with van der Waals surface area (Å²) in [5.74, 6) is 2.70. The number of carbonyl (C=O) groups excluding carboxylic acids is 1. The van der Waals surface area contributed by atoms with Gasteiger partial charge in [0.25, 0.3) is 0 Å². The van der Waals surface area contributed by atoms with Gasteiger partial charge in [-0.25, -0.2) is 0 Å². The number of alkyl halides is 1. The van der Waals surface area contributed by atoms with Crippen LogP contribution >= 0.6 is 15.9 Å². The van der Waals surface area contributed by atoms with Crippen LogP contribution in [-0.4, -0.2) is 31.0 Å². The Morgan fingerprint density at radius 1 is 1.28 bits per heavy atom. The van der Waals surface area contributed by atoms with E-state index in [0.29, 0.717) is 5.92 Å². The summed E-state index contributed by atoms with van der Waals surface area (Å²) in [6, 6.07) is 0. The second kappa shape index (κ2) is 7.49. The van der Waals surface area contributed by atoms with E-state index in [1.165, 1.54) is 25.7 Å². The number of fused-ring (bicyclic) bond motifs is 2. The maximum atomic E-state index is 11.8. The number of nitrogens with one attached hydrogen (secondary N) is 1. The van der Waals surface area contributed by atoms with Crippen molar-refractivity contribution in [2.45, 2.75) is 38.5 Å². The molecule has 2 saturated carbocycles. The smallest absolute Gasteiger partial charge is 0.220 e. The lowest BCUT2D eigenvalue weighted by Crippen LogP contribution is -2.28. The van der Waals surface area contributed by atoms with E-state index in [9.17, 15) is 4.79 Å². The SMILES string of the molecule is O=C(CC1CC2CCC1C2)NCCCOCCBr. The second-order valence-electron chi connectivity index (χ2n) is 5.64. The summed E-state index contributed by atoms with van der Waals surface area (Å²) >= 11 is 3.31. The van der Waals surface area contributed by atoms with Crippen LogP contribution in [0.5, 0.6) is 0 Å². The van der Waals surface area contributed by atoms with E-state index in [-0.39, 0.29) is 5.91 Å². The highest BCUT2D eigenvalue weighted by atomic mass is 79.9. The van der Waals surface area contributed by atoms with E-state index in [4.69, 9.17) is 4.74 Å². The van der Waals surface area contributed by atoms with Crippen molar-refractivity contribution in [3.05, 3.63) is 0 Å². The summed E-state index contributed by atoms with van der Waals surface area (Å²) in [7, 11) is 0. The van der Waals surface area contributed by atoms with Gasteiger partial charge >= 0.3 is 0 Å². The van der Waals surface area contributed by atoms with Crippen molar-refractivity contribution in [2.75, 3.05) is 25.1 Å². The summed E-state index contributed by atoms with van der Waals surface area (Å²) in [6.45, 7) is 2.24. The van der Waals surface area contributed by atoms with Gasteiger partial charge in [-0.15, -0.1) is 0 Å². The zero-order chi connectivity index (χ0) is 12.8. The maximum absolute atomic E-state index is 11.8. The summed E-state index contributed by atoms with van der Waals surface area (Å²) in [6.07, 6.45) is 7.13. The van der Waals surface area contributed by atoms with Gasteiger partial charge in [0.05, 0.1) is 6.61 Å². The predicted molar refractivity (Wildman–Crippen MR) is 75.8 cm³/mol. The Hall–Kier alpha value is -0.0900. The standard InChI is InChI=1S/C14H24BrNO2/c15-4-7-18-6-1-5-16-14(17)10-13-9-11-2-3-12(13)8-11/h11-13H,1-10H2,(H,16,17). The minimum absolute atomic E-state index is 0.244. The minimum atomic E-state index is 0.244. The molecular formula is C14H24BrNO2. The average molecular weight is 318 g/mol. The van der Waals surface area contributed by atoms with E-state index in [2.05, 4.69) is 21.2 Å². The van der Waals surface area contributed by atoms with Crippen LogP contribution in [0.15, 0.2) is 0 Å². The topological polar surface area (TPSA) is 38.3 Å². The molecule has 3 unspecified atom stereocenters. The van der Waals surface area contributed by atoms with Gasteiger partial charge in [0.2, 0.25) is 5.91 Å². The van der Waals surface area contributed by atoms with E-state index in [1.807, 2.05) is 0 Å². The molecule has 2 aliphatic rings. The molecule has 0 aromatic carbocycles. The van der Waals surface area contributed by atoms with Crippen LogP contribution in [0.3, 0.4) is 0 Å². The Labute approximate surface area is 118 Å². The fourth-order valence-corrected chi connectivity index (χ4v) is 3.72. The first-order valence-electron chi connectivity index (χ1n) is 7.20. The Balaban J connectivity index is 1.50. The van der Waals surface area contributed by atoms with Crippen molar-refractivity contribution in [3.8, 4) is 0 Å². The Morgan fingerprint density at radius 3 is 2.83 bits per heavy atom. The van der Waals surface area contributed by atoms with Crippen molar-refractivity contribution in [3.63, 3.8) is 0 Å². The van der Waals surface area contributed by atoms with Crippen molar-refractivity contribution in [1.29, 1.82) is 0 Å². The highest BCUT2D eigenvalue weighted by Crippen LogP contribution is 2.49. The largest absolute Gasteiger partial charge is 0.381 e. The number of hydrogen-bond acceptors (Lipinski definition) is 2. The summed E-state index contributed by atoms with van der Waals surface area (Å²) in [5, 5.41) is 3.89. The first-order chi connectivity index (χ1) is 8.79. The molecule has 2 aliphatic carbocycles. The van der Waals surface area contributed by atoms with Gasteiger partial charge in [-0.1, -0.05) is 22.4 Å². The maximum Gasteiger partial charge on any atom is 0.220 e. The third-order valence-electron chi connectivity index (χ3n) is 4.34. The molecule has 2 bridgehead atoms. The molecule has 3 atom stereocenters.